The molecule has 1 aromatic carbocycles. The molecule has 3 rings (SSSR count). The average Bonchev–Trinajstić information content (AvgIpc) is 3.05. The maximum Gasteiger partial charge on any atom is 0.267 e. The van der Waals surface area contributed by atoms with Gasteiger partial charge in [-0.3, -0.25) is 4.68 Å². The third-order valence-electron chi connectivity index (χ3n) is 3.76. The van der Waals surface area contributed by atoms with E-state index in [0.29, 0.717) is 17.0 Å². The molecule has 3 aromatic rings. The van der Waals surface area contributed by atoms with Gasteiger partial charge in [0.1, 0.15) is 17.0 Å². The number of rotatable bonds is 5. The van der Waals surface area contributed by atoms with Gasteiger partial charge in [-0.2, -0.15) is 10.1 Å². The summed E-state index contributed by atoms with van der Waals surface area (Å²) in [5.41, 5.74) is 1.33. The normalized spacial score (nSPS) is 11.7. The minimum absolute atomic E-state index is 0.0843. The molecule has 10 heteroatoms. The summed E-state index contributed by atoms with van der Waals surface area (Å²) < 4.78 is 44.0. The molecule has 0 aliphatic rings. The summed E-state index contributed by atoms with van der Waals surface area (Å²) in [5, 5.41) is 8.14. The van der Waals surface area contributed by atoms with Crippen LogP contribution in [0.1, 0.15) is 17.0 Å². The lowest BCUT2D eigenvalue weighted by molar-refractivity contribution is 0.584. The van der Waals surface area contributed by atoms with Crippen LogP contribution in [0.25, 0.3) is 0 Å². The number of hydrogen-bond acceptors (Lipinski definition) is 5. The van der Waals surface area contributed by atoms with E-state index in [2.05, 4.69) is 19.9 Å². The Balaban J connectivity index is 1.82. The number of halogens is 1. The Morgan fingerprint density at radius 1 is 1.20 bits per heavy atom. The molecule has 25 heavy (non-hydrogen) atoms. The number of benzene rings is 1. The number of anilines is 1. The van der Waals surface area contributed by atoms with Crippen LogP contribution in [0.4, 0.5) is 10.3 Å². The minimum atomic E-state index is -3.87. The van der Waals surface area contributed by atoms with Crippen molar-refractivity contribution in [3.63, 3.8) is 0 Å². The Kier molecular flexibility index (Phi) is 4.29. The summed E-state index contributed by atoms with van der Waals surface area (Å²) >= 11 is 0. The van der Waals surface area contributed by atoms with Gasteiger partial charge in [0.15, 0.2) is 0 Å². The first-order valence-corrected chi connectivity index (χ1v) is 8.92. The van der Waals surface area contributed by atoms with Crippen LogP contribution < -0.4 is 4.72 Å². The van der Waals surface area contributed by atoms with Crippen molar-refractivity contribution < 1.29 is 12.8 Å². The number of nitrogens with one attached hydrogen (secondary N) is 1. The summed E-state index contributed by atoms with van der Waals surface area (Å²) in [7, 11) is -2.20. The van der Waals surface area contributed by atoms with Crippen molar-refractivity contribution in [1.82, 2.24) is 24.5 Å². The molecule has 2 heterocycles. The van der Waals surface area contributed by atoms with E-state index in [4.69, 9.17) is 0 Å². The van der Waals surface area contributed by atoms with E-state index in [9.17, 15) is 12.8 Å². The smallest absolute Gasteiger partial charge is 0.267 e. The van der Waals surface area contributed by atoms with Crippen LogP contribution in [-0.4, -0.2) is 33.0 Å². The van der Waals surface area contributed by atoms with Crippen LogP contribution in [-0.2, 0) is 23.6 Å². The molecule has 0 aliphatic heterocycles. The van der Waals surface area contributed by atoms with Crippen molar-refractivity contribution in [2.24, 2.45) is 7.05 Å². The zero-order valence-corrected chi connectivity index (χ0v) is 14.7. The maximum absolute atomic E-state index is 13.7. The molecule has 0 fully saturated rings. The van der Waals surface area contributed by atoms with Crippen LogP contribution in [0.5, 0.6) is 0 Å². The van der Waals surface area contributed by atoms with Crippen LogP contribution in [0, 0.1) is 19.7 Å². The molecule has 132 valence electrons. The average molecular weight is 364 g/mol. The predicted octanol–water partition coefficient (Wildman–Crippen LogP) is 1.62. The molecular formula is C15H17FN6O2S. The van der Waals surface area contributed by atoms with E-state index in [1.54, 1.807) is 39.1 Å². The van der Waals surface area contributed by atoms with Gasteiger partial charge < -0.3 is 0 Å². The van der Waals surface area contributed by atoms with E-state index in [1.165, 1.54) is 21.8 Å². The lowest BCUT2D eigenvalue weighted by Gasteiger charge is -2.05. The second kappa shape index (κ2) is 6.28. The summed E-state index contributed by atoms with van der Waals surface area (Å²) in [6.45, 7) is 3.43. The summed E-state index contributed by atoms with van der Waals surface area (Å²) in [6.07, 6.45) is 1.34. The highest BCUT2D eigenvalue weighted by Gasteiger charge is 2.25. The van der Waals surface area contributed by atoms with Gasteiger partial charge in [-0.15, -0.1) is 5.10 Å². The quantitative estimate of drug-likeness (QED) is 0.742. The van der Waals surface area contributed by atoms with Gasteiger partial charge >= 0.3 is 0 Å². The van der Waals surface area contributed by atoms with Gasteiger partial charge in [-0.05, 0) is 19.9 Å². The topological polar surface area (TPSA) is 94.7 Å². The van der Waals surface area contributed by atoms with Crippen LogP contribution in [0.3, 0.4) is 0 Å². The number of aryl methyl sites for hydroxylation is 2. The fourth-order valence-corrected chi connectivity index (χ4v) is 3.92. The number of sulfonamides is 1. The first-order chi connectivity index (χ1) is 11.8. The standard InChI is InChI=1S/C15H17FN6O2S/c1-10-14(11(2)21(3)18-10)25(23,24)20-15-17-9-22(19-15)8-12-6-4-5-7-13(12)16/h4-7,9H,8H2,1-3H3,(H,19,20). The number of aromatic nitrogens is 5. The highest BCUT2D eigenvalue weighted by molar-refractivity contribution is 7.92. The van der Waals surface area contributed by atoms with Crippen LogP contribution >= 0.6 is 0 Å². The predicted molar refractivity (Wildman–Crippen MR) is 89.0 cm³/mol. The fourth-order valence-electron chi connectivity index (χ4n) is 2.53. The highest BCUT2D eigenvalue weighted by atomic mass is 32.2. The van der Waals surface area contributed by atoms with Crippen molar-refractivity contribution in [3.05, 3.63) is 53.4 Å². The van der Waals surface area contributed by atoms with E-state index in [-0.39, 0.29) is 23.2 Å². The van der Waals surface area contributed by atoms with Gasteiger partial charge in [0.05, 0.1) is 17.9 Å². The molecule has 0 amide bonds. The SMILES string of the molecule is Cc1nn(C)c(C)c1S(=O)(=O)Nc1ncn(Cc2ccccc2F)n1. The number of nitrogens with zero attached hydrogens (tertiary/aromatic N) is 5. The molecule has 0 radical (unpaired) electrons. The van der Waals surface area contributed by atoms with Gasteiger partial charge in [0, 0.05) is 12.6 Å². The molecular weight excluding hydrogens is 347 g/mol. The molecule has 0 unspecified atom stereocenters. The van der Waals surface area contributed by atoms with Crippen molar-refractivity contribution in [2.45, 2.75) is 25.3 Å². The second-order valence-electron chi connectivity index (χ2n) is 5.59. The molecule has 1 N–H and O–H groups in total. The zero-order chi connectivity index (χ0) is 18.2. The maximum atomic E-state index is 13.7. The Labute approximate surface area is 144 Å². The van der Waals surface area contributed by atoms with E-state index in [1.807, 2.05) is 0 Å². The van der Waals surface area contributed by atoms with Crippen molar-refractivity contribution >= 4 is 16.0 Å². The van der Waals surface area contributed by atoms with Crippen LogP contribution in [0.15, 0.2) is 35.5 Å². The third-order valence-corrected chi connectivity index (χ3v) is 5.34. The van der Waals surface area contributed by atoms with Gasteiger partial charge in [0.25, 0.3) is 16.0 Å². The largest absolute Gasteiger partial charge is 0.271 e. The molecule has 8 nitrogen and oxygen atoms in total. The Morgan fingerprint density at radius 3 is 2.56 bits per heavy atom. The molecule has 0 saturated heterocycles. The first kappa shape index (κ1) is 17.1. The molecule has 0 atom stereocenters. The Morgan fingerprint density at radius 2 is 1.92 bits per heavy atom. The van der Waals surface area contributed by atoms with Crippen molar-refractivity contribution in [1.29, 1.82) is 0 Å². The lowest BCUT2D eigenvalue weighted by Crippen LogP contribution is -2.16. The van der Waals surface area contributed by atoms with Gasteiger partial charge in [-0.1, -0.05) is 18.2 Å². The molecule has 0 saturated carbocycles. The van der Waals surface area contributed by atoms with E-state index in [0.717, 1.165) is 0 Å². The molecule has 0 bridgehead atoms. The first-order valence-electron chi connectivity index (χ1n) is 7.44. The Bertz CT molecular complexity index is 1020. The Hall–Kier alpha value is -2.75. The second-order valence-corrected chi connectivity index (χ2v) is 7.21. The van der Waals surface area contributed by atoms with Gasteiger partial charge in [0.2, 0.25) is 0 Å². The lowest BCUT2D eigenvalue weighted by atomic mass is 10.2. The fraction of sp³-hybridized carbons (Fsp3) is 0.267. The molecule has 0 aliphatic carbocycles. The minimum Gasteiger partial charge on any atom is -0.271 e. The number of hydrogen-bond donors (Lipinski definition) is 1. The zero-order valence-electron chi connectivity index (χ0n) is 13.9. The molecule has 0 spiro atoms. The van der Waals surface area contributed by atoms with Crippen LogP contribution in [0.2, 0.25) is 0 Å². The summed E-state index contributed by atoms with van der Waals surface area (Å²) in [6, 6.07) is 6.29. The monoisotopic (exact) mass is 364 g/mol. The van der Waals surface area contributed by atoms with E-state index < -0.39 is 10.0 Å². The summed E-state index contributed by atoms with van der Waals surface area (Å²) in [5.74, 6) is -0.444. The van der Waals surface area contributed by atoms with Crippen molar-refractivity contribution in [3.8, 4) is 0 Å². The highest BCUT2D eigenvalue weighted by Crippen LogP contribution is 2.20. The van der Waals surface area contributed by atoms with Gasteiger partial charge in [-0.25, -0.2) is 22.2 Å². The van der Waals surface area contributed by atoms with E-state index >= 15 is 0 Å². The molecule has 2 aromatic heterocycles. The van der Waals surface area contributed by atoms with Crippen molar-refractivity contribution in [2.75, 3.05) is 4.72 Å². The third kappa shape index (κ3) is 3.38. The summed E-state index contributed by atoms with van der Waals surface area (Å²) in [4.78, 5) is 4.03.